The van der Waals surface area contributed by atoms with Gasteiger partial charge in [-0.3, -0.25) is 39.1 Å². The van der Waals surface area contributed by atoms with Gasteiger partial charge in [0.2, 0.25) is 17.7 Å². The maximum absolute atomic E-state index is 13.7. The number of piperidine rings is 1. The number of phenols is 1. The van der Waals surface area contributed by atoms with Crippen LogP contribution in [0.2, 0.25) is 0 Å². The summed E-state index contributed by atoms with van der Waals surface area (Å²) in [6.07, 6.45) is 5.83. The van der Waals surface area contributed by atoms with E-state index < -0.39 is 29.7 Å². The normalized spacial score (nSPS) is 25.8. The predicted octanol–water partition coefficient (Wildman–Crippen LogP) is 5.82. The molecule has 0 bridgehead atoms. The molecule has 4 heterocycles. The number of likely N-dealkylation sites (tertiary alicyclic amines) is 1. The molecule has 2 saturated heterocycles. The van der Waals surface area contributed by atoms with Gasteiger partial charge >= 0.3 is 0 Å². The van der Waals surface area contributed by atoms with Crippen molar-refractivity contribution in [3.05, 3.63) is 129 Å². The number of hydrogen-bond donors (Lipinski definition) is 2. The van der Waals surface area contributed by atoms with Crippen molar-refractivity contribution in [1.82, 2.24) is 20.0 Å². The average molecular weight is 779 g/mol. The van der Waals surface area contributed by atoms with Crippen LogP contribution in [0.4, 0.5) is 0 Å². The minimum Gasteiger partial charge on any atom is -0.508 e. The maximum Gasteiger partial charge on any atom is 0.262 e. The molecule has 10 rings (SSSR count). The monoisotopic (exact) mass is 778 g/mol. The first-order chi connectivity index (χ1) is 28.2. The summed E-state index contributed by atoms with van der Waals surface area (Å²) in [7, 11) is 0. The van der Waals surface area contributed by atoms with Gasteiger partial charge in [-0.2, -0.15) is 0 Å². The molecule has 58 heavy (non-hydrogen) atoms. The molecule has 296 valence electrons. The molecule has 4 aromatic rings. The molecule has 11 heteroatoms. The number of nitrogens with zero attached hydrogens (tertiary/aromatic N) is 3. The highest BCUT2D eigenvalue weighted by atomic mass is 16.5. The van der Waals surface area contributed by atoms with Crippen LogP contribution in [0.5, 0.6) is 11.5 Å². The zero-order valence-corrected chi connectivity index (χ0v) is 32.3. The number of rotatable bonds is 7. The summed E-state index contributed by atoms with van der Waals surface area (Å²) in [5, 5.41) is 12.4. The molecule has 4 aromatic carbocycles. The first kappa shape index (κ1) is 36.5. The second-order valence-corrected chi connectivity index (χ2v) is 17.0. The third-order valence-electron chi connectivity index (χ3n) is 13.6. The number of carbonyl (C=O) groups excluding carboxylic acids is 5. The van der Waals surface area contributed by atoms with Crippen LogP contribution in [0.3, 0.4) is 0 Å². The number of phenolic OH excluding ortho intramolecular Hbond substituents is 1. The van der Waals surface area contributed by atoms with Crippen LogP contribution < -0.4 is 10.1 Å². The van der Waals surface area contributed by atoms with Gasteiger partial charge in [-0.1, -0.05) is 48.5 Å². The van der Waals surface area contributed by atoms with E-state index in [-0.39, 0.29) is 47.8 Å². The van der Waals surface area contributed by atoms with Crippen LogP contribution in [0.25, 0.3) is 0 Å². The molecule has 1 unspecified atom stereocenters. The molecule has 5 amide bonds. The lowest BCUT2D eigenvalue weighted by Gasteiger charge is -2.46. The molecule has 6 aliphatic rings. The van der Waals surface area contributed by atoms with Gasteiger partial charge in [-0.15, -0.1) is 0 Å². The molecule has 3 atom stereocenters. The highest BCUT2D eigenvalue weighted by molar-refractivity contribution is 6.23. The number of fused-ring (bicyclic) bond motifs is 3. The van der Waals surface area contributed by atoms with E-state index in [0.29, 0.717) is 30.8 Å². The van der Waals surface area contributed by atoms with Crippen LogP contribution in [-0.4, -0.2) is 80.6 Å². The minimum atomic E-state index is -1.00. The Morgan fingerprint density at radius 2 is 1.40 bits per heavy atom. The Morgan fingerprint density at radius 1 is 0.707 bits per heavy atom. The summed E-state index contributed by atoms with van der Waals surface area (Å²) in [5.74, 6) is -0.293. The Morgan fingerprint density at radius 3 is 2.07 bits per heavy atom. The van der Waals surface area contributed by atoms with Gasteiger partial charge in [0.15, 0.2) is 0 Å². The van der Waals surface area contributed by atoms with E-state index in [4.69, 9.17) is 4.74 Å². The van der Waals surface area contributed by atoms with Gasteiger partial charge in [0.1, 0.15) is 23.6 Å². The van der Waals surface area contributed by atoms with Crippen molar-refractivity contribution in [2.45, 2.75) is 94.5 Å². The molecule has 1 saturated carbocycles. The summed E-state index contributed by atoms with van der Waals surface area (Å²) >= 11 is 0. The quantitative estimate of drug-likeness (QED) is 0.224. The summed E-state index contributed by atoms with van der Waals surface area (Å²) in [5.41, 5.74) is 7.29. The van der Waals surface area contributed by atoms with Crippen molar-refractivity contribution in [3.8, 4) is 11.5 Å². The molecular weight excluding hydrogens is 733 g/mol. The highest BCUT2D eigenvalue weighted by Crippen LogP contribution is 2.47. The fraction of sp³-hybridized carbons (Fsp3) is 0.383. The molecule has 3 fully saturated rings. The Kier molecular flexibility index (Phi) is 9.15. The van der Waals surface area contributed by atoms with E-state index in [1.165, 1.54) is 22.3 Å². The van der Waals surface area contributed by atoms with E-state index in [2.05, 4.69) is 70.9 Å². The van der Waals surface area contributed by atoms with E-state index in [0.717, 1.165) is 73.4 Å². The number of aromatic hydroxyl groups is 1. The van der Waals surface area contributed by atoms with Gasteiger partial charge in [0, 0.05) is 50.5 Å². The number of carbonyl (C=O) groups is 5. The molecule has 0 spiro atoms. The second-order valence-electron chi connectivity index (χ2n) is 17.0. The summed E-state index contributed by atoms with van der Waals surface area (Å²) in [6.45, 7) is 2.51. The number of hydrogen-bond acceptors (Lipinski definition) is 8. The van der Waals surface area contributed by atoms with E-state index in [1.54, 1.807) is 18.2 Å². The Balaban J connectivity index is 0.716. The lowest BCUT2D eigenvalue weighted by Crippen LogP contribution is -2.58. The lowest BCUT2D eigenvalue weighted by molar-refractivity contribution is -0.138. The van der Waals surface area contributed by atoms with Crippen molar-refractivity contribution in [2.24, 2.45) is 5.92 Å². The third-order valence-corrected chi connectivity index (χ3v) is 13.6. The van der Waals surface area contributed by atoms with Crippen LogP contribution in [-0.2, 0) is 33.9 Å². The van der Waals surface area contributed by atoms with Crippen LogP contribution in [0.15, 0.2) is 84.9 Å². The lowest BCUT2D eigenvalue weighted by atomic mass is 9.69. The van der Waals surface area contributed by atoms with Gasteiger partial charge in [-0.05, 0) is 121 Å². The van der Waals surface area contributed by atoms with Crippen molar-refractivity contribution in [1.29, 1.82) is 0 Å². The van der Waals surface area contributed by atoms with Crippen molar-refractivity contribution < 1.29 is 33.8 Å². The Hall–Kier alpha value is -5.81. The topological polar surface area (TPSA) is 137 Å². The maximum atomic E-state index is 13.7. The van der Waals surface area contributed by atoms with Gasteiger partial charge in [0.25, 0.3) is 11.8 Å². The molecule has 2 aliphatic carbocycles. The minimum absolute atomic E-state index is 0.0566. The highest BCUT2D eigenvalue weighted by Gasteiger charge is 2.46. The number of imide groups is 2. The largest absolute Gasteiger partial charge is 0.508 e. The van der Waals surface area contributed by atoms with Crippen LogP contribution in [0, 0.1) is 5.92 Å². The molecule has 0 radical (unpaired) electrons. The molecule has 2 N–H and O–H groups in total. The molecule has 0 aromatic heterocycles. The zero-order valence-electron chi connectivity index (χ0n) is 32.3. The van der Waals surface area contributed by atoms with E-state index >= 15 is 0 Å². The second kappa shape index (κ2) is 14.5. The average Bonchev–Trinajstić information content (AvgIpc) is 3.75. The van der Waals surface area contributed by atoms with Gasteiger partial charge in [0.05, 0.1) is 11.1 Å². The Bertz CT molecular complexity index is 2290. The Labute approximate surface area is 337 Å². The van der Waals surface area contributed by atoms with Crippen LogP contribution >= 0.6 is 0 Å². The summed E-state index contributed by atoms with van der Waals surface area (Å²) in [6, 6.07) is 28.0. The number of nitrogens with one attached hydrogen (secondary N) is 1. The van der Waals surface area contributed by atoms with Gasteiger partial charge < -0.3 is 14.7 Å². The standard InChI is InChI=1S/C47H46N4O7/c52-34-13-17-38-30(20-34)10-16-37(27-4-2-1-3-5-27)43(38)28-8-14-35(15-9-28)58-36-25-49(26-36)33-11-6-29(7-12-33)45(55)50-23-31-21-39-40(22-32(31)24-50)47(57)51(46(39)56)41-18-19-42(53)48-44(41)54/h1-5,8-9,13-15,17,20-22,29,33,36-37,41,43,52H,6-7,10-12,16,18-19,23-26H2,(H,48,53,54)/t29?,33?,37-,41?,43+/m0/s1. The SMILES string of the molecule is O=C1CCC(N2C(=O)c3cc4c(cc3C2=O)CN(C(=O)C2CCC(N3CC(Oc5ccc([C@H]6c7ccc(O)cc7CC[C@H]6c6ccccc6)cc5)C3)CC2)C4)C(=O)N1. The summed E-state index contributed by atoms with van der Waals surface area (Å²) < 4.78 is 6.45. The number of amides is 5. The van der Waals surface area contributed by atoms with Gasteiger partial charge in [-0.25, -0.2) is 0 Å². The zero-order chi connectivity index (χ0) is 39.7. The van der Waals surface area contributed by atoms with Crippen molar-refractivity contribution in [3.63, 3.8) is 0 Å². The van der Waals surface area contributed by atoms with E-state index in [9.17, 15) is 29.1 Å². The number of benzene rings is 4. The van der Waals surface area contributed by atoms with Crippen molar-refractivity contribution >= 4 is 29.5 Å². The molecule has 4 aliphatic heterocycles. The predicted molar refractivity (Wildman–Crippen MR) is 213 cm³/mol. The molecule has 11 nitrogen and oxygen atoms in total. The summed E-state index contributed by atoms with van der Waals surface area (Å²) in [4.78, 5) is 69.8. The molecular formula is C47H46N4O7. The number of aryl methyl sites for hydroxylation is 1. The fourth-order valence-electron chi connectivity index (χ4n) is 10.5. The van der Waals surface area contributed by atoms with Crippen LogP contribution in [0.1, 0.15) is 111 Å². The smallest absolute Gasteiger partial charge is 0.262 e. The number of ether oxygens (including phenoxy) is 1. The van der Waals surface area contributed by atoms with E-state index in [1.807, 2.05) is 11.0 Å². The van der Waals surface area contributed by atoms with Crippen molar-refractivity contribution in [2.75, 3.05) is 13.1 Å². The first-order valence-corrected chi connectivity index (χ1v) is 20.7. The first-order valence-electron chi connectivity index (χ1n) is 20.7. The third kappa shape index (κ3) is 6.45. The fourth-order valence-corrected chi connectivity index (χ4v) is 10.5.